The lowest BCUT2D eigenvalue weighted by Crippen LogP contribution is -2.45. The molecule has 0 radical (unpaired) electrons. The number of hydrogen-bond donors (Lipinski definition) is 0. The Morgan fingerprint density at radius 2 is 1.67 bits per heavy atom. The molecule has 3 aromatic rings. The van der Waals surface area contributed by atoms with E-state index in [9.17, 15) is 0 Å². The molecule has 30 heavy (non-hydrogen) atoms. The van der Waals surface area contributed by atoms with E-state index in [0.717, 1.165) is 48.7 Å². The van der Waals surface area contributed by atoms with Crippen LogP contribution in [0.4, 0.5) is 5.69 Å². The molecule has 2 aromatic heterocycles. The van der Waals surface area contributed by atoms with E-state index >= 15 is 0 Å². The van der Waals surface area contributed by atoms with Crippen LogP contribution in [0.5, 0.6) is 0 Å². The van der Waals surface area contributed by atoms with Crippen molar-refractivity contribution in [1.29, 1.82) is 0 Å². The zero-order chi connectivity index (χ0) is 21.0. The fourth-order valence-corrected chi connectivity index (χ4v) is 5.24. The molecule has 0 aliphatic carbocycles. The lowest BCUT2D eigenvalue weighted by Gasteiger charge is -2.39. The molecule has 5 rings (SSSR count). The van der Waals surface area contributed by atoms with E-state index in [1.165, 1.54) is 16.6 Å². The minimum Gasteiger partial charge on any atom is -0.370 e. The SMILES string of the molecule is Cc1cc(N2CCC3(CC2)OCCO3)c2c(C)c(C)n(-c3ccc(Cl)cc3Cl)c2n1. The minimum atomic E-state index is -0.384. The van der Waals surface area contributed by atoms with E-state index in [4.69, 9.17) is 37.7 Å². The Morgan fingerprint density at radius 3 is 2.33 bits per heavy atom. The third-order valence-corrected chi connectivity index (χ3v) is 6.94. The summed E-state index contributed by atoms with van der Waals surface area (Å²) in [6, 6.07) is 7.80. The third kappa shape index (κ3) is 3.19. The summed E-state index contributed by atoms with van der Waals surface area (Å²) >= 11 is 12.7. The maximum Gasteiger partial charge on any atom is 0.171 e. The summed E-state index contributed by atoms with van der Waals surface area (Å²) in [4.78, 5) is 7.36. The maximum absolute atomic E-state index is 6.57. The van der Waals surface area contributed by atoms with Gasteiger partial charge in [0.15, 0.2) is 5.79 Å². The zero-order valence-corrected chi connectivity index (χ0v) is 19.0. The number of anilines is 1. The highest BCUT2D eigenvalue weighted by Crippen LogP contribution is 2.40. The summed E-state index contributed by atoms with van der Waals surface area (Å²) < 4.78 is 14.0. The topological polar surface area (TPSA) is 39.5 Å². The van der Waals surface area contributed by atoms with Gasteiger partial charge >= 0.3 is 0 Å². The quantitative estimate of drug-likeness (QED) is 0.514. The number of halogens is 2. The summed E-state index contributed by atoms with van der Waals surface area (Å²) in [6.45, 7) is 9.50. The molecule has 0 atom stereocenters. The van der Waals surface area contributed by atoms with E-state index in [-0.39, 0.29) is 5.79 Å². The van der Waals surface area contributed by atoms with Crippen molar-refractivity contribution in [3.05, 3.63) is 51.3 Å². The van der Waals surface area contributed by atoms with E-state index in [2.05, 4.69) is 29.4 Å². The van der Waals surface area contributed by atoms with Crippen molar-refractivity contribution in [2.24, 2.45) is 0 Å². The second-order valence-electron chi connectivity index (χ2n) is 8.22. The number of aryl methyl sites for hydroxylation is 2. The molecule has 5 nitrogen and oxygen atoms in total. The van der Waals surface area contributed by atoms with Crippen LogP contribution in [0.3, 0.4) is 0 Å². The van der Waals surface area contributed by atoms with Gasteiger partial charge in [0.05, 0.1) is 23.9 Å². The summed E-state index contributed by atoms with van der Waals surface area (Å²) in [5, 5.41) is 2.41. The van der Waals surface area contributed by atoms with Gasteiger partial charge in [0.2, 0.25) is 0 Å². The number of fused-ring (bicyclic) bond motifs is 1. The first kappa shape index (κ1) is 20.1. The first-order valence-electron chi connectivity index (χ1n) is 10.4. The van der Waals surface area contributed by atoms with Gasteiger partial charge < -0.3 is 14.4 Å². The van der Waals surface area contributed by atoms with Gasteiger partial charge in [-0.1, -0.05) is 23.2 Å². The van der Waals surface area contributed by atoms with Crippen molar-refractivity contribution in [2.75, 3.05) is 31.2 Å². The highest BCUT2D eigenvalue weighted by atomic mass is 35.5. The van der Waals surface area contributed by atoms with Gasteiger partial charge in [0.25, 0.3) is 0 Å². The van der Waals surface area contributed by atoms with Crippen LogP contribution in [0.25, 0.3) is 16.7 Å². The van der Waals surface area contributed by atoms with Crippen molar-refractivity contribution in [1.82, 2.24) is 9.55 Å². The first-order valence-corrected chi connectivity index (χ1v) is 11.1. The fourth-order valence-electron chi connectivity index (χ4n) is 4.75. The van der Waals surface area contributed by atoms with Crippen molar-refractivity contribution in [3.63, 3.8) is 0 Å². The fraction of sp³-hybridized carbons (Fsp3) is 0.435. The van der Waals surface area contributed by atoms with Crippen LogP contribution in [0.15, 0.2) is 24.3 Å². The molecule has 2 saturated heterocycles. The Hall–Kier alpha value is -1.79. The van der Waals surface area contributed by atoms with Crippen LogP contribution in [0.1, 0.15) is 29.8 Å². The predicted molar refractivity (Wildman–Crippen MR) is 121 cm³/mol. The lowest BCUT2D eigenvalue weighted by molar-refractivity contribution is -0.169. The summed E-state index contributed by atoms with van der Waals surface area (Å²) in [6.07, 6.45) is 1.75. The molecule has 7 heteroatoms. The molecule has 0 N–H and O–H groups in total. The molecule has 2 aliphatic heterocycles. The highest BCUT2D eigenvalue weighted by Gasteiger charge is 2.40. The van der Waals surface area contributed by atoms with Crippen LogP contribution >= 0.6 is 23.2 Å². The number of piperidine rings is 1. The molecule has 2 aliphatic rings. The molecule has 1 aromatic carbocycles. The molecule has 158 valence electrons. The van der Waals surface area contributed by atoms with Gasteiger partial charge in [-0.15, -0.1) is 0 Å². The molecule has 1 spiro atoms. The number of pyridine rings is 1. The largest absolute Gasteiger partial charge is 0.370 e. The van der Waals surface area contributed by atoms with Crippen molar-refractivity contribution < 1.29 is 9.47 Å². The highest BCUT2D eigenvalue weighted by molar-refractivity contribution is 6.35. The second kappa shape index (κ2) is 7.41. The number of hydrogen-bond acceptors (Lipinski definition) is 4. The molecule has 0 saturated carbocycles. The van der Waals surface area contributed by atoms with Gasteiger partial charge in [-0.3, -0.25) is 4.57 Å². The van der Waals surface area contributed by atoms with Gasteiger partial charge in [-0.2, -0.15) is 0 Å². The molecule has 0 bridgehead atoms. The van der Waals surface area contributed by atoms with Crippen LogP contribution in [0, 0.1) is 20.8 Å². The van der Waals surface area contributed by atoms with Crippen LogP contribution in [-0.4, -0.2) is 41.6 Å². The molecule has 0 unspecified atom stereocenters. The van der Waals surface area contributed by atoms with Gasteiger partial charge in [0.1, 0.15) is 5.65 Å². The van der Waals surface area contributed by atoms with Crippen LogP contribution in [0.2, 0.25) is 10.0 Å². The number of rotatable bonds is 2. The number of ether oxygens (including phenoxy) is 2. The Kier molecular flexibility index (Phi) is 4.98. The smallest absolute Gasteiger partial charge is 0.171 e. The standard InChI is InChI=1S/C23H25Cl2N3O2/c1-14-12-20(27-8-6-23(7-9-27)29-10-11-30-23)21-15(2)16(3)28(22(21)26-14)19-5-4-17(24)13-18(19)25/h4-5,12-13H,6-11H2,1-3H3. The number of aromatic nitrogens is 2. The Morgan fingerprint density at radius 1 is 0.967 bits per heavy atom. The molecular formula is C23H25Cl2N3O2. The van der Waals surface area contributed by atoms with E-state index in [1.807, 2.05) is 19.1 Å². The Bertz CT molecular complexity index is 1130. The van der Waals surface area contributed by atoms with E-state index in [1.54, 1.807) is 6.07 Å². The average Bonchev–Trinajstić information content (AvgIpc) is 3.26. The van der Waals surface area contributed by atoms with Crippen molar-refractivity contribution in [3.8, 4) is 5.69 Å². The molecule has 2 fully saturated rings. The normalized spacial score (nSPS) is 18.6. The summed E-state index contributed by atoms with van der Waals surface area (Å²) in [5.74, 6) is -0.384. The number of benzene rings is 1. The second-order valence-corrected chi connectivity index (χ2v) is 9.06. The van der Waals surface area contributed by atoms with Gasteiger partial charge in [-0.25, -0.2) is 4.98 Å². The third-order valence-electron chi connectivity index (χ3n) is 6.40. The Balaban J connectivity index is 1.63. The minimum absolute atomic E-state index is 0.384. The summed E-state index contributed by atoms with van der Waals surface area (Å²) in [5.41, 5.74) is 6.37. The monoisotopic (exact) mass is 445 g/mol. The molecule has 4 heterocycles. The van der Waals surface area contributed by atoms with E-state index in [0.29, 0.717) is 23.3 Å². The van der Waals surface area contributed by atoms with Crippen LogP contribution in [-0.2, 0) is 9.47 Å². The molecule has 0 amide bonds. The van der Waals surface area contributed by atoms with Gasteiger partial charge in [-0.05, 0) is 50.6 Å². The van der Waals surface area contributed by atoms with Crippen molar-refractivity contribution >= 4 is 39.9 Å². The lowest BCUT2D eigenvalue weighted by atomic mass is 10.0. The first-order chi connectivity index (χ1) is 14.4. The average molecular weight is 446 g/mol. The van der Waals surface area contributed by atoms with E-state index < -0.39 is 0 Å². The van der Waals surface area contributed by atoms with Crippen LogP contribution < -0.4 is 4.90 Å². The van der Waals surface area contributed by atoms with Gasteiger partial charge in [0, 0.05) is 53.4 Å². The van der Waals surface area contributed by atoms with Crippen molar-refractivity contribution in [2.45, 2.75) is 39.4 Å². The molecular weight excluding hydrogens is 421 g/mol. The zero-order valence-electron chi connectivity index (χ0n) is 17.5. The summed E-state index contributed by atoms with van der Waals surface area (Å²) in [7, 11) is 0. The number of nitrogens with zero attached hydrogens (tertiary/aromatic N) is 3. The Labute approximate surface area is 186 Å². The maximum atomic E-state index is 6.57. The predicted octanol–water partition coefficient (Wildman–Crippen LogP) is 5.60.